The summed E-state index contributed by atoms with van der Waals surface area (Å²) in [6, 6.07) is 8.29. The van der Waals surface area contributed by atoms with Crippen LogP contribution in [0.15, 0.2) is 41.9 Å². The van der Waals surface area contributed by atoms with Gasteiger partial charge in [-0.15, -0.1) is 11.3 Å². The van der Waals surface area contributed by atoms with Crippen LogP contribution in [0.3, 0.4) is 0 Å². The zero-order chi connectivity index (χ0) is 23.4. The van der Waals surface area contributed by atoms with Gasteiger partial charge in [0, 0.05) is 34.6 Å². The van der Waals surface area contributed by atoms with Crippen molar-refractivity contribution < 1.29 is 23.4 Å². The molecule has 0 spiro atoms. The third kappa shape index (κ3) is 4.93. The molecule has 4 aromatic rings. The van der Waals surface area contributed by atoms with E-state index in [9.17, 15) is 9.18 Å². The Morgan fingerprint density at radius 2 is 1.88 bits per heavy atom. The summed E-state index contributed by atoms with van der Waals surface area (Å²) in [5.41, 5.74) is 3.32. The van der Waals surface area contributed by atoms with E-state index in [2.05, 4.69) is 15.3 Å². The number of ether oxygens (including phenoxy) is 3. The summed E-state index contributed by atoms with van der Waals surface area (Å²) in [4.78, 5) is 20.1. The topological polar surface area (TPSA) is 85.5 Å². The third-order valence-electron chi connectivity index (χ3n) is 5.25. The Hall–Kier alpha value is -3.59. The van der Waals surface area contributed by atoms with Gasteiger partial charge in [-0.05, 0) is 42.3 Å². The minimum absolute atomic E-state index is 0.122. The van der Waals surface area contributed by atoms with Crippen LogP contribution in [0.5, 0.6) is 17.2 Å². The van der Waals surface area contributed by atoms with Gasteiger partial charge in [-0.3, -0.25) is 4.79 Å². The Kier molecular flexibility index (Phi) is 6.79. The lowest BCUT2D eigenvalue weighted by atomic mass is 10.1. The number of halogens is 1. The Bertz CT molecular complexity index is 1260. The first kappa shape index (κ1) is 22.6. The predicted octanol–water partition coefficient (Wildman–Crippen LogP) is 4.36. The molecular formula is C24H24FN3O4S. The first-order valence-corrected chi connectivity index (χ1v) is 11.2. The van der Waals surface area contributed by atoms with E-state index in [0.29, 0.717) is 35.9 Å². The molecule has 9 heteroatoms. The van der Waals surface area contributed by atoms with Crippen molar-refractivity contribution in [3.8, 4) is 27.8 Å². The van der Waals surface area contributed by atoms with Crippen LogP contribution >= 0.6 is 11.3 Å². The van der Waals surface area contributed by atoms with Crippen LogP contribution in [-0.2, 0) is 17.6 Å². The van der Waals surface area contributed by atoms with E-state index in [1.165, 1.54) is 23.5 Å². The number of rotatable bonds is 9. The first-order valence-electron chi connectivity index (χ1n) is 10.3. The second-order valence-corrected chi connectivity index (χ2v) is 8.20. The highest BCUT2D eigenvalue weighted by molar-refractivity contribution is 7.13. The van der Waals surface area contributed by atoms with Gasteiger partial charge in [-0.2, -0.15) is 0 Å². The number of carbonyl (C=O) groups is 1. The fraction of sp³-hybridized carbons (Fsp3) is 0.250. The molecule has 0 radical (unpaired) electrons. The van der Waals surface area contributed by atoms with Crippen LogP contribution < -0.4 is 19.5 Å². The number of carbonyl (C=O) groups excluding carboxylic acids is 1. The van der Waals surface area contributed by atoms with Gasteiger partial charge in [-0.25, -0.2) is 9.37 Å². The summed E-state index contributed by atoms with van der Waals surface area (Å²) in [6.07, 6.45) is 2.62. The maximum Gasteiger partial charge on any atom is 0.226 e. The molecule has 4 rings (SSSR count). The number of methoxy groups -OCH3 is 3. The molecule has 2 N–H and O–H groups in total. The number of aromatic amines is 1. The monoisotopic (exact) mass is 469 g/mol. The lowest BCUT2D eigenvalue weighted by Crippen LogP contribution is -2.27. The van der Waals surface area contributed by atoms with Crippen molar-refractivity contribution in [1.82, 2.24) is 15.3 Å². The standard InChI is InChI=1S/C24H24FN3O4S/c1-30-20-8-15(9-21(31-2)23(20)32-3)24-28-17(13-33-24)11-22(29)26-7-6-14-12-27-19-5-4-16(25)10-18(14)19/h4-5,8-10,12-13,27H,6-7,11H2,1-3H3,(H,26,29). The first-order chi connectivity index (χ1) is 16.0. The van der Waals surface area contributed by atoms with Gasteiger partial charge in [0.25, 0.3) is 0 Å². The van der Waals surface area contributed by atoms with Crippen molar-refractivity contribution in [2.75, 3.05) is 27.9 Å². The van der Waals surface area contributed by atoms with Crippen molar-refractivity contribution in [3.05, 3.63) is 59.0 Å². The molecule has 7 nitrogen and oxygen atoms in total. The smallest absolute Gasteiger partial charge is 0.226 e. The molecule has 2 heterocycles. The highest BCUT2D eigenvalue weighted by atomic mass is 32.1. The molecular weight excluding hydrogens is 445 g/mol. The molecule has 0 aliphatic heterocycles. The van der Waals surface area contributed by atoms with E-state index >= 15 is 0 Å². The second kappa shape index (κ2) is 9.91. The van der Waals surface area contributed by atoms with E-state index in [1.807, 2.05) is 23.7 Å². The van der Waals surface area contributed by atoms with E-state index < -0.39 is 0 Å². The number of hydrogen-bond acceptors (Lipinski definition) is 6. The number of fused-ring (bicyclic) bond motifs is 1. The van der Waals surface area contributed by atoms with Gasteiger partial charge < -0.3 is 24.5 Å². The summed E-state index contributed by atoms with van der Waals surface area (Å²) in [5.74, 6) is 1.19. The molecule has 1 amide bonds. The maximum atomic E-state index is 13.5. The second-order valence-electron chi connectivity index (χ2n) is 7.34. The minimum atomic E-state index is -0.279. The lowest BCUT2D eigenvalue weighted by Gasteiger charge is -2.13. The number of benzene rings is 2. The van der Waals surface area contributed by atoms with Gasteiger partial charge in [0.2, 0.25) is 11.7 Å². The van der Waals surface area contributed by atoms with Crippen LogP contribution in [0.25, 0.3) is 21.5 Å². The average Bonchev–Trinajstić information content (AvgIpc) is 3.45. The number of amides is 1. The van der Waals surface area contributed by atoms with Crippen LogP contribution in [0.4, 0.5) is 4.39 Å². The number of nitrogens with zero attached hydrogens (tertiary/aromatic N) is 1. The number of thiazole rings is 1. The van der Waals surface area contributed by atoms with E-state index in [4.69, 9.17) is 14.2 Å². The minimum Gasteiger partial charge on any atom is -0.493 e. The number of nitrogens with one attached hydrogen (secondary N) is 2. The molecule has 0 saturated carbocycles. The quantitative estimate of drug-likeness (QED) is 0.381. The Balaban J connectivity index is 1.38. The average molecular weight is 470 g/mol. The largest absolute Gasteiger partial charge is 0.493 e. The van der Waals surface area contributed by atoms with Gasteiger partial charge in [-0.1, -0.05) is 0 Å². The third-order valence-corrected chi connectivity index (χ3v) is 6.19. The highest BCUT2D eigenvalue weighted by Crippen LogP contribution is 2.41. The van der Waals surface area contributed by atoms with Gasteiger partial charge in [0.1, 0.15) is 10.8 Å². The number of hydrogen-bond donors (Lipinski definition) is 2. The Morgan fingerprint density at radius 1 is 1.12 bits per heavy atom. The molecule has 33 heavy (non-hydrogen) atoms. The van der Waals surface area contributed by atoms with Gasteiger partial charge in [0.05, 0.1) is 33.4 Å². The van der Waals surface area contributed by atoms with E-state index in [0.717, 1.165) is 27.0 Å². The summed E-state index contributed by atoms with van der Waals surface area (Å²) >= 11 is 1.44. The number of aromatic nitrogens is 2. The van der Waals surface area contributed by atoms with Crippen molar-refractivity contribution in [2.24, 2.45) is 0 Å². The normalized spacial score (nSPS) is 10.9. The van der Waals surface area contributed by atoms with Crippen molar-refractivity contribution in [3.63, 3.8) is 0 Å². The van der Waals surface area contributed by atoms with Crippen molar-refractivity contribution >= 4 is 28.1 Å². The van der Waals surface area contributed by atoms with Crippen molar-refractivity contribution in [2.45, 2.75) is 12.8 Å². The van der Waals surface area contributed by atoms with Crippen LogP contribution in [0.2, 0.25) is 0 Å². The van der Waals surface area contributed by atoms with Crippen LogP contribution in [0.1, 0.15) is 11.3 Å². The van der Waals surface area contributed by atoms with Crippen LogP contribution in [0, 0.1) is 5.82 Å². The molecule has 0 aliphatic carbocycles. The highest BCUT2D eigenvalue weighted by Gasteiger charge is 2.16. The van der Waals surface area contributed by atoms with Gasteiger partial charge in [0.15, 0.2) is 11.5 Å². The number of H-pyrrole nitrogens is 1. The molecule has 2 aromatic heterocycles. The molecule has 0 saturated heterocycles. The predicted molar refractivity (Wildman–Crippen MR) is 126 cm³/mol. The SMILES string of the molecule is COc1cc(-c2nc(CC(=O)NCCc3c[nH]c4ccc(F)cc34)cs2)cc(OC)c1OC. The molecule has 0 unspecified atom stereocenters. The fourth-order valence-corrected chi connectivity index (χ4v) is 4.45. The fourth-order valence-electron chi connectivity index (χ4n) is 3.65. The molecule has 2 aromatic carbocycles. The van der Waals surface area contributed by atoms with Gasteiger partial charge >= 0.3 is 0 Å². The Labute approximate surface area is 194 Å². The van der Waals surface area contributed by atoms with E-state index in [-0.39, 0.29) is 18.1 Å². The summed E-state index contributed by atoms with van der Waals surface area (Å²) in [6.45, 7) is 0.451. The maximum absolute atomic E-state index is 13.5. The van der Waals surface area contributed by atoms with Crippen molar-refractivity contribution in [1.29, 1.82) is 0 Å². The molecule has 0 atom stereocenters. The molecule has 0 bridgehead atoms. The molecule has 0 fully saturated rings. The zero-order valence-corrected chi connectivity index (χ0v) is 19.3. The van der Waals surface area contributed by atoms with Crippen LogP contribution in [-0.4, -0.2) is 43.7 Å². The van der Waals surface area contributed by atoms with E-state index in [1.54, 1.807) is 27.4 Å². The molecule has 172 valence electrons. The lowest BCUT2D eigenvalue weighted by molar-refractivity contribution is -0.120. The Morgan fingerprint density at radius 3 is 2.58 bits per heavy atom. The zero-order valence-electron chi connectivity index (χ0n) is 18.5. The summed E-state index contributed by atoms with van der Waals surface area (Å²) < 4.78 is 29.7. The summed E-state index contributed by atoms with van der Waals surface area (Å²) in [5, 5.41) is 6.35. The summed E-state index contributed by atoms with van der Waals surface area (Å²) in [7, 11) is 4.67. The molecule has 0 aliphatic rings.